The van der Waals surface area contributed by atoms with Crippen LogP contribution in [0.15, 0.2) is 24.3 Å². The molecule has 2 N–H and O–H groups in total. The van der Waals surface area contributed by atoms with Gasteiger partial charge in [-0.3, -0.25) is 9.69 Å². The lowest BCUT2D eigenvalue weighted by molar-refractivity contribution is -0.124. The third-order valence-corrected chi connectivity index (χ3v) is 4.69. The summed E-state index contributed by atoms with van der Waals surface area (Å²) < 4.78 is 0. The Morgan fingerprint density at radius 3 is 2.71 bits per heavy atom. The van der Waals surface area contributed by atoms with Gasteiger partial charge in [-0.1, -0.05) is 24.6 Å². The number of nitrogens with one attached hydrogen (secondary N) is 2. The van der Waals surface area contributed by atoms with Gasteiger partial charge in [-0.05, 0) is 38.2 Å². The van der Waals surface area contributed by atoms with Gasteiger partial charge in [0, 0.05) is 55.9 Å². The van der Waals surface area contributed by atoms with Gasteiger partial charge < -0.3 is 15.5 Å². The van der Waals surface area contributed by atoms with Crippen LogP contribution in [0.2, 0.25) is 5.02 Å². The number of hydrogen-bond donors (Lipinski definition) is 2. The number of halogens is 1. The molecule has 0 aliphatic carbocycles. The van der Waals surface area contributed by atoms with Crippen LogP contribution in [0.3, 0.4) is 0 Å². The van der Waals surface area contributed by atoms with E-state index in [9.17, 15) is 4.79 Å². The summed E-state index contributed by atoms with van der Waals surface area (Å²) in [7, 11) is 1.87. The minimum atomic E-state index is 0.0243. The van der Waals surface area contributed by atoms with Crippen molar-refractivity contribution in [3.8, 4) is 0 Å². The van der Waals surface area contributed by atoms with E-state index in [2.05, 4.69) is 26.5 Å². The van der Waals surface area contributed by atoms with Crippen LogP contribution in [0.1, 0.15) is 13.3 Å². The summed E-state index contributed by atoms with van der Waals surface area (Å²) in [5, 5.41) is 6.84. The van der Waals surface area contributed by atoms with Gasteiger partial charge >= 0.3 is 0 Å². The normalized spacial score (nSPS) is 16.9. The van der Waals surface area contributed by atoms with Crippen LogP contribution >= 0.6 is 11.6 Å². The zero-order chi connectivity index (χ0) is 17.4. The van der Waals surface area contributed by atoms with Gasteiger partial charge in [-0.2, -0.15) is 0 Å². The number of benzene rings is 1. The SMILES string of the molecule is CNCC(C)C(=O)NCCCN1CCN(c2cccc(Cl)c2)CC1. The quantitative estimate of drug-likeness (QED) is 0.701. The number of nitrogens with zero attached hydrogens (tertiary/aromatic N) is 2. The van der Waals surface area contributed by atoms with Gasteiger partial charge in [-0.25, -0.2) is 0 Å². The first-order valence-electron chi connectivity index (χ1n) is 8.75. The van der Waals surface area contributed by atoms with Gasteiger partial charge in [0.15, 0.2) is 0 Å². The highest BCUT2D eigenvalue weighted by Gasteiger charge is 2.17. The first-order valence-corrected chi connectivity index (χ1v) is 9.13. The molecule has 1 aliphatic rings. The summed E-state index contributed by atoms with van der Waals surface area (Å²) in [6.45, 7) is 8.59. The van der Waals surface area contributed by atoms with Gasteiger partial charge in [0.05, 0.1) is 0 Å². The zero-order valence-corrected chi connectivity index (χ0v) is 15.5. The third kappa shape index (κ3) is 5.96. The summed E-state index contributed by atoms with van der Waals surface area (Å²) in [6, 6.07) is 8.05. The molecule has 0 spiro atoms. The smallest absolute Gasteiger partial charge is 0.224 e. The summed E-state index contributed by atoms with van der Waals surface area (Å²) >= 11 is 6.07. The molecule has 6 heteroatoms. The highest BCUT2D eigenvalue weighted by atomic mass is 35.5. The van der Waals surface area contributed by atoms with Crippen LogP contribution in [0.25, 0.3) is 0 Å². The fourth-order valence-corrected chi connectivity index (χ4v) is 3.17. The van der Waals surface area contributed by atoms with E-state index in [1.807, 2.05) is 32.2 Å². The standard InChI is InChI=1S/C18H29ClN4O/c1-15(14-20-2)18(24)21-7-4-8-22-9-11-23(12-10-22)17-6-3-5-16(19)13-17/h3,5-6,13,15,20H,4,7-12,14H2,1-2H3,(H,21,24). The summed E-state index contributed by atoms with van der Waals surface area (Å²) in [4.78, 5) is 16.7. The Hall–Kier alpha value is -1.30. The predicted octanol–water partition coefficient (Wildman–Crippen LogP) is 1.82. The highest BCUT2D eigenvalue weighted by molar-refractivity contribution is 6.30. The average molecular weight is 353 g/mol. The van der Waals surface area contributed by atoms with Crippen LogP contribution in [0, 0.1) is 5.92 Å². The lowest BCUT2D eigenvalue weighted by atomic mass is 10.1. The van der Waals surface area contributed by atoms with Crippen molar-refractivity contribution in [2.75, 3.05) is 57.8 Å². The van der Waals surface area contributed by atoms with Crippen LogP contribution in [-0.2, 0) is 4.79 Å². The van der Waals surface area contributed by atoms with E-state index in [0.717, 1.165) is 57.3 Å². The van der Waals surface area contributed by atoms with Crippen molar-refractivity contribution in [3.63, 3.8) is 0 Å². The average Bonchev–Trinajstić information content (AvgIpc) is 2.59. The molecule has 134 valence electrons. The maximum absolute atomic E-state index is 11.8. The van der Waals surface area contributed by atoms with E-state index in [4.69, 9.17) is 11.6 Å². The highest BCUT2D eigenvalue weighted by Crippen LogP contribution is 2.20. The number of anilines is 1. The minimum absolute atomic E-state index is 0.0243. The zero-order valence-electron chi connectivity index (χ0n) is 14.7. The van der Waals surface area contributed by atoms with E-state index >= 15 is 0 Å². The molecule has 2 rings (SSSR count). The summed E-state index contributed by atoms with van der Waals surface area (Å²) in [6.07, 6.45) is 0.995. The van der Waals surface area contributed by atoms with Gasteiger partial charge in [0.1, 0.15) is 0 Å². The number of amides is 1. The van der Waals surface area contributed by atoms with Crippen molar-refractivity contribution in [2.45, 2.75) is 13.3 Å². The molecule has 1 saturated heterocycles. The number of carbonyl (C=O) groups is 1. The molecule has 1 atom stereocenters. The molecule has 1 amide bonds. The van der Waals surface area contributed by atoms with Crippen LogP contribution in [-0.4, -0.2) is 63.7 Å². The van der Waals surface area contributed by atoms with Crippen molar-refractivity contribution < 1.29 is 4.79 Å². The van der Waals surface area contributed by atoms with E-state index in [1.54, 1.807) is 0 Å². The predicted molar refractivity (Wildman–Crippen MR) is 101 cm³/mol. The maximum Gasteiger partial charge on any atom is 0.224 e. The largest absolute Gasteiger partial charge is 0.369 e. The van der Waals surface area contributed by atoms with Gasteiger partial charge in [-0.15, -0.1) is 0 Å². The Kier molecular flexibility index (Phi) is 7.82. The van der Waals surface area contributed by atoms with E-state index in [-0.39, 0.29) is 11.8 Å². The Bertz CT molecular complexity index is 517. The molecule has 24 heavy (non-hydrogen) atoms. The number of carbonyl (C=O) groups excluding carboxylic acids is 1. The van der Waals surface area contributed by atoms with Crippen LogP contribution in [0.4, 0.5) is 5.69 Å². The maximum atomic E-state index is 11.8. The molecule has 0 bridgehead atoms. The molecule has 1 fully saturated rings. The second-order valence-corrected chi connectivity index (χ2v) is 6.85. The molecule has 1 aliphatic heterocycles. The molecule has 1 aromatic carbocycles. The Labute approximate surface area is 150 Å². The Morgan fingerprint density at radius 2 is 2.04 bits per heavy atom. The first kappa shape index (κ1) is 19.0. The molecule has 1 aromatic rings. The number of hydrogen-bond acceptors (Lipinski definition) is 4. The van der Waals surface area contributed by atoms with Crippen LogP contribution in [0.5, 0.6) is 0 Å². The fraction of sp³-hybridized carbons (Fsp3) is 0.611. The first-order chi connectivity index (χ1) is 11.6. The molecule has 1 heterocycles. The lowest BCUT2D eigenvalue weighted by Crippen LogP contribution is -2.47. The van der Waals surface area contributed by atoms with Gasteiger partial charge in [0.25, 0.3) is 0 Å². The monoisotopic (exact) mass is 352 g/mol. The number of piperazine rings is 1. The van der Waals surface area contributed by atoms with Gasteiger partial charge in [0.2, 0.25) is 5.91 Å². The van der Waals surface area contributed by atoms with E-state index in [1.165, 1.54) is 5.69 Å². The molecule has 0 saturated carbocycles. The topological polar surface area (TPSA) is 47.6 Å². The Morgan fingerprint density at radius 1 is 1.29 bits per heavy atom. The molecular weight excluding hydrogens is 324 g/mol. The fourth-order valence-electron chi connectivity index (χ4n) is 2.99. The van der Waals surface area contributed by atoms with Crippen molar-refractivity contribution in [1.29, 1.82) is 0 Å². The number of rotatable bonds is 8. The lowest BCUT2D eigenvalue weighted by Gasteiger charge is -2.36. The summed E-state index contributed by atoms with van der Waals surface area (Å²) in [5.41, 5.74) is 1.20. The van der Waals surface area contributed by atoms with Crippen molar-refractivity contribution >= 4 is 23.2 Å². The Balaban J connectivity index is 1.62. The molecule has 5 nitrogen and oxygen atoms in total. The van der Waals surface area contributed by atoms with Crippen molar-refractivity contribution in [2.24, 2.45) is 5.92 Å². The molecule has 0 radical (unpaired) electrons. The molecule has 1 unspecified atom stereocenters. The van der Waals surface area contributed by atoms with Crippen molar-refractivity contribution in [1.82, 2.24) is 15.5 Å². The second kappa shape index (κ2) is 9.87. The second-order valence-electron chi connectivity index (χ2n) is 6.41. The van der Waals surface area contributed by atoms with Crippen LogP contribution < -0.4 is 15.5 Å². The third-order valence-electron chi connectivity index (χ3n) is 4.45. The molecule has 0 aromatic heterocycles. The van der Waals surface area contributed by atoms with Crippen molar-refractivity contribution in [3.05, 3.63) is 29.3 Å². The molecular formula is C18H29ClN4O. The van der Waals surface area contributed by atoms with E-state index in [0.29, 0.717) is 0 Å². The van der Waals surface area contributed by atoms with E-state index < -0.39 is 0 Å². The minimum Gasteiger partial charge on any atom is -0.369 e. The summed E-state index contributed by atoms with van der Waals surface area (Å²) in [5.74, 6) is 0.159.